The van der Waals surface area contributed by atoms with E-state index in [-0.39, 0.29) is 6.61 Å². The number of unbranched alkanes of at least 4 members (excludes halogenated alkanes) is 5. The zero-order valence-corrected chi connectivity index (χ0v) is 9.95. The van der Waals surface area contributed by atoms with E-state index in [2.05, 4.69) is 6.92 Å². The van der Waals surface area contributed by atoms with E-state index in [1.54, 1.807) is 0 Å². The third kappa shape index (κ3) is 11.8. The zero-order chi connectivity index (χ0) is 11.4. The van der Waals surface area contributed by atoms with Gasteiger partial charge in [0.2, 0.25) is 0 Å². The first-order valence-corrected chi connectivity index (χ1v) is 6.18. The predicted molar refractivity (Wildman–Crippen MR) is 61.9 cm³/mol. The fourth-order valence-corrected chi connectivity index (χ4v) is 1.40. The Bertz CT molecular complexity index is 117. The second kappa shape index (κ2) is 12.0. The summed E-state index contributed by atoms with van der Waals surface area (Å²) in [6, 6.07) is 0. The summed E-state index contributed by atoms with van der Waals surface area (Å²) in [6.07, 6.45) is 7.53. The lowest BCUT2D eigenvalue weighted by Crippen LogP contribution is -2.14. The Labute approximate surface area is 93.5 Å². The molecule has 0 aromatic heterocycles. The summed E-state index contributed by atoms with van der Waals surface area (Å²) in [5, 5.41) is 17.6. The van der Waals surface area contributed by atoms with E-state index in [9.17, 15) is 0 Å². The number of hydrogen-bond donors (Lipinski definition) is 2. The van der Waals surface area contributed by atoms with Crippen molar-refractivity contribution in [1.82, 2.24) is 0 Å². The largest absolute Gasteiger partial charge is 0.394 e. The molecule has 0 aromatic carbocycles. The molecule has 0 saturated carbocycles. The molecule has 0 rings (SSSR count). The van der Waals surface area contributed by atoms with Gasteiger partial charge in [0, 0.05) is 13.2 Å². The summed E-state index contributed by atoms with van der Waals surface area (Å²) in [5.74, 6) is 0. The lowest BCUT2D eigenvalue weighted by atomic mass is 10.1. The van der Waals surface area contributed by atoms with Gasteiger partial charge in [0.25, 0.3) is 0 Å². The molecule has 15 heavy (non-hydrogen) atoms. The van der Waals surface area contributed by atoms with Gasteiger partial charge >= 0.3 is 0 Å². The Hall–Kier alpha value is -0.120. The highest BCUT2D eigenvalue weighted by molar-refractivity contribution is 4.50. The topological polar surface area (TPSA) is 49.7 Å². The van der Waals surface area contributed by atoms with E-state index in [1.165, 1.54) is 32.1 Å². The van der Waals surface area contributed by atoms with E-state index in [0.29, 0.717) is 13.0 Å². The maximum Gasteiger partial charge on any atom is 0.0792 e. The molecule has 0 aromatic rings. The number of rotatable bonds is 11. The Balaban J connectivity index is 2.92. The first kappa shape index (κ1) is 14.9. The molecule has 0 heterocycles. The van der Waals surface area contributed by atoms with Crippen LogP contribution in [0.25, 0.3) is 0 Å². The maximum absolute atomic E-state index is 9.03. The zero-order valence-electron chi connectivity index (χ0n) is 9.95. The molecule has 1 unspecified atom stereocenters. The van der Waals surface area contributed by atoms with Gasteiger partial charge in [0.15, 0.2) is 0 Å². The van der Waals surface area contributed by atoms with Gasteiger partial charge in [-0.2, -0.15) is 0 Å². The molecule has 0 spiro atoms. The van der Waals surface area contributed by atoms with Crippen LogP contribution in [0.5, 0.6) is 0 Å². The van der Waals surface area contributed by atoms with Crippen LogP contribution in [0, 0.1) is 0 Å². The highest BCUT2D eigenvalue weighted by Gasteiger charge is 2.00. The molecule has 0 radical (unpaired) electrons. The molecule has 3 heteroatoms. The fourth-order valence-electron chi connectivity index (χ4n) is 1.40. The Morgan fingerprint density at radius 2 is 1.67 bits per heavy atom. The van der Waals surface area contributed by atoms with Crippen LogP contribution in [0.3, 0.4) is 0 Å². The van der Waals surface area contributed by atoms with Gasteiger partial charge in [-0.05, 0) is 12.8 Å². The summed E-state index contributed by atoms with van der Waals surface area (Å²) in [4.78, 5) is 0. The highest BCUT2D eigenvalue weighted by atomic mass is 16.5. The van der Waals surface area contributed by atoms with Crippen molar-refractivity contribution >= 4 is 0 Å². The number of aliphatic hydroxyl groups is 2. The van der Waals surface area contributed by atoms with E-state index < -0.39 is 6.10 Å². The molecule has 0 aliphatic carbocycles. The summed E-state index contributed by atoms with van der Waals surface area (Å²) < 4.78 is 5.34. The van der Waals surface area contributed by atoms with Gasteiger partial charge in [0.05, 0.1) is 12.7 Å². The van der Waals surface area contributed by atoms with Crippen molar-refractivity contribution < 1.29 is 14.9 Å². The fraction of sp³-hybridized carbons (Fsp3) is 1.00. The molecule has 0 amide bonds. The molecular weight excluding hydrogens is 192 g/mol. The van der Waals surface area contributed by atoms with Crippen LogP contribution in [0.4, 0.5) is 0 Å². The van der Waals surface area contributed by atoms with Gasteiger partial charge in [-0.25, -0.2) is 0 Å². The predicted octanol–water partition coefficient (Wildman–Crippen LogP) is 2.11. The van der Waals surface area contributed by atoms with Gasteiger partial charge in [0.1, 0.15) is 0 Å². The van der Waals surface area contributed by atoms with Crippen molar-refractivity contribution in [3.05, 3.63) is 0 Å². The highest BCUT2D eigenvalue weighted by Crippen LogP contribution is 2.05. The van der Waals surface area contributed by atoms with E-state index in [0.717, 1.165) is 13.0 Å². The minimum Gasteiger partial charge on any atom is -0.394 e. The first-order valence-electron chi connectivity index (χ1n) is 6.18. The summed E-state index contributed by atoms with van der Waals surface area (Å²) >= 11 is 0. The molecule has 2 N–H and O–H groups in total. The van der Waals surface area contributed by atoms with Crippen LogP contribution in [-0.2, 0) is 4.74 Å². The monoisotopic (exact) mass is 218 g/mol. The number of aliphatic hydroxyl groups excluding tert-OH is 2. The van der Waals surface area contributed by atoms with Crippen LogP contribution >= 0.6 is 0 Å². The molecule has 92 valence electrons. The van der Waals surface area contributed by atoms with E-state index >= 15 is 0 Å². The third-order valence-electron chi connectivity index (χ3n) is 2.45. The van der Waals surface area contributed by atoms with Crippen molar-refractivity contribution in [3.63, 3.8) is 0 Å². The summed E-state index contributed by atoms with van der Waals surface area (Å²) in [6.45, 7) is 3.39. The van der Waals surface area contributed by atoms with Crippen molar-refractivity contribution in [3.8, 4) is 0 Å². The van der Waals surface area contributed by atoms with E-state index in [4.69, 9.17) is 14.9 Å². The van der Waals surface area contributed by atoms with E-state index in [1.807, 2.05) is 0 Å². The molecule has 0 bridgehead atoms. The number of hydrogen-bond acceptors (Lipinski definition) is 3. The molecule has 0 saturated heterocycles. The number of ether oxygens (including phenoxy) is 1. The van der Waals surface area contributed by atoms with Gasteiger partial charge in [-0.1, -0.05) is 39.0 Å². The second-order valence-corrected chi connectivity index (χ2v) is 4.01. The smallest absolute Gasteiger partial charge is 0.0792 e. The van der Waals surface area contributed by atoms with Gasteiger partial charge < -0.3 is 14.9 Å². The SMILES string of the molecule is CCCCCCCCOCCC(O)CO. The minimum atomic E-state index is -0.616. The first-order chi connectivity index (χ1) is 7.31. The maximum atomic E-state index is 9.03. The van der Waals surface area contributed by atoms with Crippen molar-refractivity contribution in [2.45, 2.75) is 58.0 Å². The van der Waals surface area contributed by atoms with Crippen molar-refractivity contribution in [1.29, 1.82) is 0 Å². The summed E-state index contributed by atoms with van der Waals surface area (Å²) in [7, 11) is 0. The normalized spacial score (nSPS) is 13.0. The minimum absolute atomic E-state index is 0.166. The van der Waals surface area contributed by atoms with Gasteiger partial charge in [-0.3, -0.25) is 0 Å². The molecule has 0 fully saturated rings. The molecule has 0 aliphatic heterocycles. The molecule has 3 nitrogen and oxygen atoms in total. The Kier molecular flexibility index (Phi) is 11.9. The lowest BCUT2D eigenvalue weighted by Gasteiger charge is -2.07. The van der Waals surface area contributed by atoms with Crippen LogP contribution in [0.2, 0.25) is 0 Å². The molecule has 0 aliphatic rings. The Morgan fingerprint density at radius 3 is 2.33 bits per heavy atom. The molecular formula is C12H26O3. The van der Waals surface area contributed by atoms with Crippen molar-refractivity contribution in [2.24, 2.45) is 0 Å². The Morgan fingerprint density at radius 1 is 1.00 bits per heavy atom. The van der Waals surface area contributed by atoms with Crippen LogP contribution in [0.15, 0.2) is 0 Å². The quantitative estimate of drug-likeness (QED) is 0.522. The van der Waals surface area contributed by atoms with Crippen LogP contribution in [-0.4, -0.2) is 36.1 Å². The average molecular weight is 218 g/mol. The lowest BCUT2D eigenvalue weighted by molar-refractivity contribution is 0.0475. The van der Waals surface area contributed by atoms with Gasteiger partial charge in [-0.15, -0.1) is 0 Å². The third-order valence-corrected chi connectivity index (χ3v) is 2.45. The summed E-state index contributed by atoms with van der Waals surface area (Å²) in [5.41, 5.74) is 0. The van der Waals surface area contributed by atoms with Crippen LogP contribution < -0.4 is 0 Å². The molecule has 1 atom stereocenters. The van der Waals surface area contributed by atoms with Crippen molar-refractivity contribution in [2.75, 3.05) is 19.8 Å². The second-order valence-electron chi connectivity index (χ2n) is 4.01. The van der Waals surface area contributed by atoms with Crippen LogP contribution in [0.1, 0.15) is 51.9 Å². The average Bonchev–Trinajstić information content (AvgIpc) is 2.26. The standard InChI is InChI=1S/C12H26O3/c1-2-3-4-5-6-7-9-15-10-8-12(14)11-13/h12-14H,2-11H2,1H3.